The Bertz CT molecular complexity index is 683. The number of sulfonamides is 1. The summed E-state index contributed by atoms with van der Waals surface area (Å²) in [6.07, 6.45) is 0. The van der Waals surface area contributed by atoms with E-state index in [9.17, 15) is 8.42 Å². The second kappa shape index (κ2) is 7.05. The molecule has 22 heavy (non-hydrogen) atoms. The fourth-order valence-electron chi connectivity index (χ4n) is 2.28. The maximum atomic E-state index is 12.4. The number of rotatable bonds is 7. The number of nitrogens with two attached hydrogens (primary N) is 1. The second-order valence-corrected chi connectivity index (χ2v) is 7.67. The van der Waals surface area contributed by atoms with Crippen LogP contribution in [0.2, 0.25) is 0 Å². The van der Waals surface area contributed by atoms with Crippen LogP contribution in [0.25, 0.3) is 0 Å². The first-order valence-electron chi connectivity index (χ1n) is 7.34. The van der Waals surface area contributed by atoms with Gasteiger partial charge in [0.1, 0.15) is 6.54 Å². The van der Waals surface area contributed by atoms with Gasteiger partial charge in [0, 0.05) is 5.56 Å². The third-order valence-electron chi connectivity index (χ3n) is 3.34. The van der Waals surface area contributed by atoms with Crippen molar-refractivity contribution in [2.75, 3.05) is 6.54 Å². The predicted octanol–water partition coefficient (Wildman–Crippen LogP) is 1.51. The van der Waals surface area contributed by atoms with Crippen molar-refractivity contribution >= 4 is 10.0 Å². The lowest BCUT2D eigenvalue weighted by Crippen LogP contribution is -2.87. The smallest absolute Gasteiger partial charge is 0.241 e. The summed E-state index contributed by atoms with van der Waals surface area (Å²) < 4.78 is 27.5. The zero-order valence-corrected chi connectivity index (χ0v) is 13.8. The lowest BCUT2D eigenvalue weighted by molar-refractivity contribution is -0.676. The van der Waals surface area contributed by atoms with Crippen LogP contribution >= 0.6 is 0 Å². The molecule has 0 amide bonds. The molecule has 4 nitrogen and oxygen atoms in total. The fourth-order valence-corrected chi connectivity index (χ4v) is 3.72. The zero-order valence-electron chi connectivity index (χ0n) is 13.0. The average Bonchev–Trinajstić information content (AvgIpc) is 2.48. The maximum absolute atomic E-state index is 12.4. The number of nitrogens with one attached hydrogen (secondary N) is 1. The quantitative estimate of drug-likeness (QED) is 0.812. The summed E-state index contributed by atoms with van der Waals surface area (Å²) in [5.41, 5.74) is 0.702. The molecule has 0 unspecified atom stereocenters. The van der Waals surface area contributed by atoms with Crippen LogP contribution in [-0.2, 0) is 16.6 Å². The van der Waals surface area contributed by atoms with Gasteiger partial charge >= 0.3 is 0 Å². The van der Waals surface area contributed by atoms with Crippen LogP contribution < -0.4 is 10.0 Å². The van der Waals surface area contributed by atoms with Gasteiger partial charge < -0.3 is 5.32 Å². The van der Waals surface area contributed by atoms with E-state index in [-0.39, 0.29) is 0 Å². The molecule has 118 valence electrons. The minimum absolute atomic E-state index is 0.297. The molecule has 0 atom stereocenters. The van der Waals surface area contributed by atoms with Crippen molar-refractivity contribution in [2.45, 2.75) is 30.8 Å². The Balaban J connectivity index is 1.93. The third kappa shape index (κ3) is 4.94. The highest BCUT2D eigenvalue weighted by atomic mass is 32.2. The maximum Gasteiger partial charge on any atom is 0.241 e. The molecule has 0 saturated carbocycles. The van der Waals surface area contributed by atoms with Crippen molar-refractivity contribution in [1.82, 2.24) is 4.72 Å². The lowest BCUT2D eigenvalue weighted by atomic mass is 10.1. The SMILES string of the molecule is CC(C)(C[NH2+]Cc1ccccc1)NS(=O)(=O)c1ccccc1. The fraction of sp³-hybridized carbons (Fsp3) is 0.294. The standard InChI is InChI=1S/C17H22N2O2S/c1-17(2,14-18-13-15-9-5-3-6-10-15)19-22(20,21)16-11-7-4-8-12-16/h3-12,18-19H,13-14H2,1-2H3/p+1. The van der Waals surface area contributed by atoms with Gasteiger partial charge in [-0.05, 0) is 26.0 Å². The molecule has 0 saturated heterocycles. The molecular formula is C17H23N2O2S+. The zero-order chi connectivity index (χ0) is 16.1. The minimum atomic E-state index is -3.48. The second-order valence-electron chi connectivity index (χ2n) is 5.98. The summed E-state index contributed by atoms with van der Waals surface area (Å²) in [5, 5.41) is 2.11. The molecule has 3 N–H and O–H groups in total. The number of hydrogen-bond donors (Lipinski definition) is 2. The molecule has 0 radical (unpaired) electrons. The Morgan fingerprint density at radius 1 is 0.955 bits per heavy atom. The highest BCUT2D eigenvalue weighted by Crippen LogP contribution is 2.11. The van der Waals surface area contributed by atoms with E-state index in [1.54, 1.807) is 30.3 Å². The van der Waals surface area contributed by atoms with Gasteiger partial charge in [-0.25, -0.2) is 8.42 Å². The Morgan fingerprint density at radius 2 is 1.50 bits per heavy atom. The molecular weight excluding hydrogens is 296 g/mol. The van der Waals surface area contributed by atoms with Crippen molar-refractivity contribution < 1.29 is 13.7 Å². The Kier molecular flexibility index (Phi) is 5.34. The molecule has 0 aliphatic rings. The number of quaternary nitrogens is 1. The van der Waals surface area contributed by atoms with E-state index in [0.717, 1.165) is 6.54 Å². The largest absolute Gasteiger partial charge is 0.341 e. The van der Waals surface area contributed by atoms with Gasteiger partial charge in [0.2, 0.25) is 10.0 Å². The van der Waals surface area contributed by atoms with Crippen LogP contribution in [0.1, 0.15) is 19.4 Å². The monoisotopic (exact) mass is 319 g/mol. The van der Waals surface area contributed by atoms with E-state index >= 15 is 0 Å². The summed E-state index contributed by atoms with van der Waals surface area (Å²) >= 11 is 0. The topological polar surface area (TPSA) is 62.8 Å². The van der Waals surface area contributed by atoms with Crippen LogP contribution in [0.5, 0.6) is 0 Å². The highest BCUT2D eigenvalue weighted by molar-refractivity contribution is 7.89. The minimum Gasteiger partial charge on any atom is -0.341 e. The molecule has 0 aliphatic carbocycles. The highest BCUT2D eigenvalue weighted by Gasteiger charge is 2.27. The van der Waals surface area contributed by atoms with Gasteiger partial charge in [-0.1, -0.05) is 48.5 Å². The first-order chi connectivity index (χ1) is 10.4. The number of benzene rings is 2. The summed E-state index contributed by atoms with van der Waals surface area (Å²) in [5.74, 6) is 0. The molecule has 0 spiro atoms. The molecule has 5 heteroatoms. The summed E-state index contributed by atoms with van der Waals surface area (Å²) in [6, 6.07) is 18.6. The van der Waals surface area contributed by atoms with Gasteiger partial charge in [0.25, 0.3) is 0 Å². The first-order valence-corrected chi connectivity index (χ1v) is 8.82. The summed E-state index contributed by atoms with van der Waals surface area (Å²) in [4.78, 5) is 0.297. The molecule has 0 fully saturated rings. The molecule has 0 bridgehead atoms. The van der Waals surface area contributed by atoms with Crippen LogP contribution in [0.4, 0.5) is 0 Å². The average molecular weight is 319 g/mol. The van der Waals surface area contributed by atoms with E-state index in [0.29, 0.717) is 11.4 Å². The van der Waals surface area contributed by atoms with Crippen LogP contribution in [0.3, 0.4) is 0 Å². The summed E-state index contributed by atoms with van der Waals surface area (Å²) in [7, 11) is -3.48. The van der Waals surface area contributed by atoms with Gasteiger partial charge in [0.05, 0.1) is 17.0 Å². The van der Waals surface area contributed by atoms with Crippen LogP contribution in [-0.4, -0.2) is 20.5 Å². The van der Waals surface area contributed by atoms with Crippen molar-refractivity contribution in [3.8, 4) is 0 Å². The Labute approximate surface area is 132 Å². The first kappa shape index (κ1) is 16.7. The van der Waals surface area contributed by atoms with Gasteiger partial charge in [-0.3, -0.25) is 0 Å². The van der Waals surface area contributed by atoms with E-state index in [4.69, 9.17) is 0 Å². The van der Waals surface area contributed by atoms with E-state index in [2.05, 4.69) is 22.2 Å². The van der Waals surface area contributed by atoms with Gasteiger partial charge in [-0.2, -0.15) is 4.72 Å². The van der Waals surface area contributed by atoms with Gasteiger partial charge in [-0.15, -0.1) is 0 Å². The molecule has 0 heterocycles. The predicted molar refractivity (Wildman–Crippen MR) is 87.8 cm³/mol. The molecule has 0 aromatic heterocycles. The lowest BCUT2D eigenvalue weighted by Gasteiger charge is -2.24. The van der Waals surface area contributed by atoms with E-state index < -0.39 is 15.6 Å². The van der Waals surface area contributed by atoms with Crippen molar-refractivity contribution in [2.24, 2.45) is 0 Å². The van der Waals surface area contributed by atoms with Crippen molar-refractivity contribution in [3.05, 3.63) is 66.2 Å². The van der Waals surface area contributed by atoms with Crippen LogP contribution in [0, 0.1) is 0 Å². The number of hydrogen-bond acceptors (Lipinski definition) is 2. The summed E-state index contributed by atoms with van der Waals surface area (Å²) in [6.45, 7) is 5.29. The van der Waals surface area contributed by atoms with Gasteiger partial charge in [0.15, 0.2) is 0 Å². The van der Waals surface area contributed by atoms with E-state index in [1.807, 2.05) is 32.0 Å². The normalized spacial score (nSPS) is 12.3. The van der Waals surface area contributed by atoms with Crippen LogP contribution in [0.15, 0.2) is 65.6 Å². The molecule has 0 aliphatic heterocycles. The Hall–Kier alpha value is -1.69. The molecule has 2 aromatic rings. The molecule has 2 aromatic carbocycles. The van der Waals surface area contributed by atoms with Crippen molar-refractivity contribution in [1.29, 1.82) is 0 Å². The van der Waals surface area contributed by atoms with E-state index in [1.165, 1.54) is 5.56 Å². The van der Waals surface area contributed by atoms with Crippen molar-refractivity contribution in [3.63, 3.8) is 0 Å². The third-order valence-corrected chi connectivity index (χ3v) is 5.06. The molecule has 2 rings (SSSR count). The Morgan fingerprint density at radius 3 is 2.09 bits per heavy atom.